The van der Waals surface area contributed by atoms with Crippen molar-refractivity contribution in [1.82, 2.24) is 19.7 Å². The van der Waals surface area contributed by atoms with Gasteiger partial charge in [0.15, 0.2) is 0 Å². The lowest BCUT2D eigenvalue weighted by molar-refractivity contribution is -0.127. The van der Waals surface area contributed by atoms with Gasteiger partial charge in [0, 0.05) is 38.1 Å². The van der Waals surface area contributed by atoms with Crippen LogP contribution in [0.3, 0.4) is 0 Å². The van der Waals surface area contributed by atoms with E-state index in [4.69, 9.17) is 0 Å². The summed E-state index contributed by atoms with van der Waals surface area (Å²) in [5.74, 6) is -0.0343. The van der Waals surface area contributed by atoms with E-state index >= 15 is 0 Å². The summed E-state index contributed by atoms with van der Waals surface area (Å²) >= 11 is 0. The number of rotatable bonds is 6. The van der Waals surface area contributed by atoms with Crippen molar-refractivity contribution in [3.05, 3.63) is 54.1 Å². The highest BCUT2D eigenvalue weighted by molar-refractivity contribution is 5.91. The van der Waals surface area contributed by atoms with Gasteiger partial charge in [-0.2, -0.15) is 5.10 Å². The first kappa shape index (κ1) is 15.9. The van der Waals surface area contributed by atoms with Crippen LogP contribution in [-0.2, 0) is 11.8 Å². The first-order chi connectivity index (χ1) is 10.6. The summed E-state index contributed by atoms with van der Waals surface area (Å²) in [4.78, 5) is 18.5. The van der Waals surface area contributed by atoms with E-state index in [1.165, 1.54) is 0 Å². The first-order valence-electron chi connectivity index (χ1n) is 7.46. The predicted molar refractivity (Wildman–Crippen MR) is 86.9 cm³/mol. The van der Waals surface area contributed by atoms with Crippen LogP contribution in [0.4, 0.5) is 0 Å². The highest BCUT2D eigenvalue weighted by atomic mass is 16.2. The molecule has 0 bridgehead atoms. The second kappa shape index (κ2) is 7.54. The second-order valence-electron chi connectivity index (χ2n) is 5.29. The number of carbonyl (C=O) groups is 1. The van der Waals surface area contributed by atoms with Crippen molar-refractivity contribution in [2.75, 3.05) is 7.05 Å². The number of pyridine rings is 1. The highest BCUT2D eigenvalue weighted by Crippen LogP contribution is 2.23. The largest absolute Gasteiger partial charge is 0.334 e. The monoisotopic (exact) mass is 298 g/mol. The highest BCUT2D eigenvalue weighted by Gasteiger charge is 2.20. The van der Waals surface area contributed by atoms with Crippen LogP contribution in [0, 0.1) is 0 Å². The minimum Gasteiger partial charge on any atom is -0.334 e. The van der Waals surface area contributed by atoms with Crippen molar-refractivity contribution in [3.63, 3.8) is 0 Å². The molecule has 0 aliphatic heterocycles. The number of aromatic nitrogens is 3. The number of aryl methyl sites for hydroxylation is 1. The Morgan fingerprint density at radius 2 is 2.27 bits per heavy atom. The minimum absolute atomic E-state index is 0.00255. The average Bonchev–Trinajstić information content (AvgIpc) is 2.96. The maximum absolute atomic E-state index is 12.4. The molecule has 0 spiro atoms. The summed E-state index contributed by atoms with van der Waals surface area (Å²) in [5, 5.41) is 4.08. The van der Waals surface area contributed by atoms with Gasteiger partial charge >= 0.3 is 0 Å². The first-order valence-corrected chi connectivity index (χ1v) is 7.46. The van der Waals surface area contributed by atoms with Gasteiger partial charge in [0.2, 0.25) is 5.91 Å². The molecule has 2 rings (SSSR count). The molecule has 0 fully saturated rings. The van der Waals surface area contributed by atoms with E-state index in [0.29, 0.717) is 0 Å². The third kappa shape index (κ3) is 4.04. The number of hydrogen-bond acceptors (Lipinski definition) is 3. The fourth-order valence-electron chi connectivity index (χ4n) is 2.35. The Morgan fingerprint density at radius 3 is 2.86 bits per heavy atom. The van der Waals surface area contributed by atoms with Crippen molar-refractivity contribution < 1.29 is 4.79 Å². The van der Waals surface area contributed by atoms with Gasteiger partial charge in [0.05, 0.1) is 17.9 Å². The normalized spacial score (nSPS) is 12.5. The van der Waals surface area contributed by atoms with Gasteiger partial charge in [-0.3, -0.25) is 14.5 Å². The molecule has 22 heavy (non-hydrogen) atoms. The van der Waals surface area contributed by atoms with E-state index in [1.807, 2.05) is 38.5 Å². The zero-order valence-electron chi connectivity index (χ0n) is 13.3. The molecule has 2 aromatic heterocycles. The van der Waals surface area contributed by atoms with Gasteiger partial charge in [-0.25, -0.2) is 0 Å². The summed E-state index contributed by atoms with van der Waals surface area (Å²) in [5.41, 5.74) is 1.84. The van der Waals surface area contributed by atoms with Crippen LogP contribution in [0.25, 0.3) is 6.08 Å². The van der Waals surface area contributed by atoms with Crippen molar-refractivity contribution in [2.24, 2.45) is 7.05 Å². The Labute approximate surface area is 131 Å². The van der Waals surface area contributed by atoms with Gasteiger partial charge in [0.1, 0.15) is 0 Å². The number of hydrogen-bond donors (Lipinski definition) is 0. The van der Waals surface area contributed by atoms with Crippen molar-refractivity contribution >= 4 is 12.0 Å². The maximum Gasteiger partial charge on any atom is 0.246 e. The number of nitrogens with zero attached hydrogens (tertiary/aromatic N) is 4. The van der Waals surface area contributed by atoms with Crippen LogP contribution in [0.15, 0.2) is 42.9 Å². The van der Waals surface area contributed by atoms with Gasteiger partial charge in [-0.1, -0.05) is 19.4 Å². The van der Waals surface area contributed by atoms with E-state index in [1.54, 1.807) is 34.1 Å². The third-order valence-corrected chi connectivity index (χ3v) is 3.55. The molecular formula is C17H22N4O. The number of carbonyl (C=O) groups excluding carboxylic acids is 1. The molecule has 5 nitrogen and oxygen atoms in total. The summed E-state index contributed by atoms with van der Waals surface area (Å²) in [6.07, 6.45) is 10.6. The van der Waals surface area contributed by atoms with Gasteiger partial charge in [-0.15, -0.1) is 0 Å². The number of likely N-dealkylation sites (N-methyl/N-ethyl adjacent to an activating group) is 1. The van der Waals surface area contributed by atoms with E-state index in [0.717, 1.165) is 24.1 Å². The molecule has 0 saturated heterocycles. The van der Waals surface area contributed by atoms with Crippen LogP contribution in [0.5, 0.6) is 0 Å². The van der Waals surface area contributed by atoms with Crippen LogP contribution >= 0.6 is 0 Å². The van der Waals surface area contributed by atoms with Crippen LogP contribution in [0.2, 0.25) is 0 Å². The van der Waals surface area contributed by atoms with Crippen molar-refractivity contribution in [1.29, 1.82) is 0 Å². The molecule has 0 radical (unpaired) electrons. The standard InChI is InChI=1S/C17H22N4O/c1-4-7-16(15-8-5-6-11-18-15)21(3)17(22)10-9-14-12-19-20(2)13-14/h5-6,8-13,16H,4,7H2,1-3H3. The van der Waals surface area contributed by atoms with Gasteiger partial charge in [0.25, 0.3) is 0 Å². The van der Waals surface area contributed by atoms with Crippen LogP contribution in [0.1, 0.15) is 37.1 Å². The molecule has 1 unspecified atom stereocenters. The molecule has 0 aromatic carbocycles. The predicted octanol–water partition coefficient (Wildman–Crippen LogP) is 2.83. The SMILES string of the molecule is CCCC(c1ccccn1)N(C)C(=O)C=Cc1cnn(C)c1. The molecule has 1 amide bonds. The van der Waals surface area contributed by atoms with Gasteiger partial charge in [-0.05, 0) is 24.6 Å². The third-order valence-electron chi connectivity index (χ3n) is 3.55. The Balaban J connectivity index is 2.11. The molecule has 0 N–H and O–H groups in total. The van der Waals surface area contributed by atoms with Gasteiger partial charge < -0.3 is 4.90 Å². The second-order valence-corrected chi connectivity index (χ2v) is 5.29. The summed E-state index contributed by atoms with van der Waals surface area (Å²) in [6.45, 7) is 2.11. The van der Waals surface area contributed by atoms with Crippen LogP contribution < -0.4 is 0 Å². The lowest BCUT2D eigenvalue weighted by Gasteiger charge is -2.26. The Morgan fingerprint density at radius 1 is 1.45 bits per heavy atom. The molecule has 2 aromatic rings. The zero-order chi connectivity index (χ0) is 15.9. The topological polar surface area (TPSA) is 51.0 Å². The molecule has 1 atom stereocenters. The molecule has 0 aliphatic rings. The molecule has 2 heterocycles. The van der Waals surface area contributed by atoms with Crippen LogP contribution in [-0.4, -0.2) is 32.6 Å². The summed E-state index contributed by atoms with van der Waals surface area (Å²) in [7, 11) is 3.68. The Kier molecular flexibility index (Phi) is 5.47. The zero-order valence-corrected chi connectivity index (χ0v) is 13.3. The molecule has 0 saturated carbocycles. The fraction of sp³-hybridized carbons (Fsp3) is 0.353. The fourth-order valence-corrected chi connectivity index (χ4v) is 2.35. The van der Waals surface area contributed by atoms with E-state index in [2.05, 4.69) is 17.0 Å². The molecule has 0 aliphatic carbocycles. The minimum atomic E-state index is -0.0343. The van der Waals surface area contributed by atoms with E-state index in [9.17, 15) is 4.79 Å². The summed E-state index contributed by atoms with van der Waals surface area (Å²) < 4.78 is 1.71. The number of amides is 1. The lowest BCUT2D eigenvalue weighted by Crippen LogP contribution is -2.30. The molecule has 116 valence electrons. The van der Waals surface area contributed by atoms with Crippen molar-refractivity contribution in [3.8, 4) is 0 Å². The smallest absolute Gasteiger partial charge is 0.246 e. The van der Waals surface area contributed by atoms with E-state index < -0.39 is 0 Å². The van der Waals surface area contributed by atoms with E-state index in [-0.39, 0.29) is 11.9 Å². The maximum atomic E-state index is 12.4. The average molecular weight is 298 g/mol. The Bertz CT molecular complexity index is 633. The van der Waals surface area contributed by atoms with Crippen molar-refractivity contribution in [2.45, 2.75) is 25.8 Å². The Hall–Kier alpha value is -2.43. The summed E-state index contributed by atoms with van der Waals surface area (Å²) in [6, 6.07) is 5.80. The lowest BCUT2D eigenvalue weighted by atomic mass is 10.1. The molecular weight excluding hydrogens is 276 g/mol. The quantitative estimate of drug-likeness (QED) is 0.771. The molecule has 5 heteroatoms.